The van der Waals surface area contributed by atoms with E-state index in [-0.39, 0.29) is 36.7 Å². The maximum atomic E-state index is 11.8. The topological polar surface area (TPSA) is 84.2 Å². The number of nitrogen functional groups attached to an aromatic ring is 1. The van der Waals surface area contributed by atoms with E-state index in [4.69, 9.17) is 5.73 Å². The highest BCUT2D eigenvalue weighted by molar-refractivity contribution is 5.95. The van der Waals surface area contributed by atoms with Crippen LogP contribution in [0.4, 0.5) is 5.69 Å². The summed E-state index contributed by atoms with van der Waals surface area (Å²) in [5.41, 5.74) is 6.65. The number of nitrogens with one attached hydrogen (secondary N) is 2. The van der Waals surface area contributed by atoms with Crippen molar-refractivity contribution in [2.75, 3.05) is 12.3 Å². The van der Waals surface area contributed by atoms with E-state index in [1.807, 2.05) is 13.8 Å². The first kappa shape index (κ1) is 18.2. The quantitative estimate of drug-likeness (QED) is 0.699. The van der Waals surface area contributed by atoms with Gasteiger partial charge in [-0.1, -0.05) is 13.0 Å². The summed E-state index contributed by atoms with van der Waals surface area (Å²) in [5, 5.41) is 5.53. The lowest BCUT2D eigenvalue weighted by Gasteiger charge is -2.11. The Morgan fingerprint density at radius 1 is 1.35 bits per heavy atom. The van der Waals surface area contributed by atoms with Crippen LogP contribution in [0, 0.1) is 0 Å². The van der Waals surface area contributed by atoms with Gasteiger partial charge in [0.25, 0.3) is 5.91 Å². The van der Waals surface area contributed by atoms with Gasteiger partial charge in [-0.15, -0.1) is 12.4 Å². The first-order valence-electron chi connectivity index (χ1n) is 6.46. The van der Waals surface area contributed by atoms with E-state index >= 15 is 0 Å². The molecule has 0 heterocycles. The summed E-state index contributed by atoms with van der Waals surface area (Å²) < 4.78 is 0. The third-order valence-electron chi connectivity index (χ3n) is 2.81. The number of amides is 2. The summed E-state index contributed by atoms with van der Waals surface area (Å²) in [5.74, 6) is -0.272. The Hall–Kier alpha value is -1.75. The second-order valence-electron chi connectivity index (χ2n) is 4.51. The van der Waals surface area contributed by atoms with Crippen LogP contribution < -0.4 is 16.4 Å². The maximum absolute atomic E-state index is 11.8. The van der Waals surface area contributed by atoms with Crippen LogP contribution in [0.2, 0.25) is 0 Å². The lowest BCUT2D eigenvalue weighted by molar-refractivity contribution is -0.121. The normalized spacial score (nSPS) is 11.1. The monoisotopic (exact) mass is 299 g/mol. The summed E-state index contributed by atoms with van der Waals surface area (Å²) in [7, 11) is 0. The number of carbonyl (C=O) groups excluding carboxylic acids is 2. The third-order valence-corrected chi connectivity index (χ3v) is 2.81. The Balaban J connectivity index is 0.00000361. The first-order chi connectivity index (χ1) is 9.02. The summed E-state index contributed by atoms with van der Waals surface area (Å²) in [6.45, 7) is 4.27. The molecule has 0 spiro atoms. The maximum Gasteiger partial charge on any atom is 0.251 e. The van der Waals surface area contributed by atoms with Crippen molar-refractivity contribution in [2.24, 2.45) is 0 Å². The zero-order valence-electron chi connectivity index (χ0n) is 11.8. The molecule has 1 rings (SSSR count). The molecule has 0 radical (unpaired) electrons. The van der Waals surface area contributed by atoms with Crippen molar-refractivity contribution in [1.82, 2.24) is 10.6 Å². The van der Waals surface area contributed by atoms with E-state index < -0.39 is 0 Å². The average Bonchev–Trinajstić information content (AvgIpc) is 2.38. The zero-order valence-corrected chi connectivity index (χ0v) is 12.6. The van der Waals surface area contributed by atoms with Crippen molar-refractivity contribution in [2.45, 2.75) is 32.7 Å². The van der Waals surface area contributed by atoms with Gasteiger partial charge in [0.15, 0.2) is 0 Å². The summed E-state index contributed by atoms with van der Waals surface area (Å²) in [6.07, 6.45) is 1.17. The molecule has 5 nitrogen and oxygen atoms in total. The SMILES string of the molecule is CCC(C)NC(=O)CCNC(=O)c1cccc(N)c1.Cl. The van der Waals surface area contributed by atoms with E-state index in [1.165, 1.54) is 0 Å². The molecule has 1 aromatic rings. The Morgan fingerprint density at radius 2 is 2.05 bits per heavy atom. The van der Waals surface area contributed by atoms with Crippen LogP contribution in [0.25, 0.3) is 0 Å². The smallest absolute Gasteiger partial charge is 0.251 e. The Morgan fingerprint density at radius 3 is 2.65 bits per heavy atom. The molecule has 0 aliphatic heterocycles. The van der Waals surface area contributed by atoms with Crippen LogP contribution in [-0.4, -0.2) is 24.4 Å². The largest absolute Gasteiger partial charge is 0.399 e. The van der Waals surface area contributed by atoms with Crippen molar-refractivity contribution in [3.8, 4) is 0 Å². The lowest BCUT2D eigenvalue weighted by atomic mass is 10.2. The average molecular weight is 300 g/mol. The van der Waals surface area contributed by atoms with E-state index in [1.54, 1.807) is 24.3 Å². The second-order valence-corrected chi connectivity index (χ2v) is 4.51. The minimum atomic E-state index is -0.219. The first-order valence-corrected chi connectivity index (χ1v) is 6.46. The van der Waals surface area contributed by atoms with Gasteiger partial charge in [0.1, 0.15) is 0 Å². The van der Waals surface area contributed by atoms with Crippen LogP contribution in [0.3, 0.4) is 0 Å². The minimum absolute atomic E-state index is 0. The van der Waals surface area contributed by atoms with E-state index in [0.29, 0.717) is 17.8 Å². The minimum Gasteiger partial charge on any atom is -0.399 e. The van der Waals surface area contributed by atoms with Crippen molar-refractivity contribution < 1.29 is 9.59 Å². The van der Waals surface area contributed by atoms with Crippen LogP contribution >= 0.6 is 12.4 Å². The van der Waals surface area contributed by atoms with Crippen molar-refractivity contribution >= 4 is 29.9 Å². The molecule has 4 N–H and O–H groups in total. The molecule has 6 heteroatoms. The molecular formula is C14H22ClN3O2. The van der Waals surface area contributed by atoms with Crippen molar-refractivity contribution in [3.05, 3.63) is 29.8 Å². The number of rotatable bonds is 6. The van der Waals surface area contributed by atoms with Gasteiger partial charge >= 0.3 is 0 Å². The number of hydrogen-bond acceptors (Lipinski definition) is 3. The highest BCUT2D eigenvalue weighted by Crippen LogP contribution is 2.05. The molecule has 0 saturated heterocycles. The Bertz CT molecular complexity index is 452. The molecule has 0 aromatic heterocycles. The van der Waals surface area contributed by atoms with E-state index in [0.717, 1.165) is 6.42 Å². The number of carbonyl (C=O) groups is 2. The second kappa shape index (κ2) is 9.20. The van der Waals surface area contributed by atoms with Crippen molar-refractivity contribution in [1.29, 1.82) is 0 Å². The third kappa shape index (κ3) is 6.43. The van der Waals surface area contributed by atoms with Gasteiger partial charge in [-0.3, -0.25) is 9.59 Å². The zero-order chi connectivity index (χ0) is 14.3. The molecule has 2 amide bonds. The number of benzene rings is 1. The Kier molecular flexibility index (Phi) is 8.40. The fourth-order valence-electron chi connectivity index (χ4n) is 1.52. The number of halogens is 1. The molecule has 0 fully saturated rings. The summed E-state index contributed by atoms with van der Waals surface area (Å²) in [4.78, 5) is 23.3. The predicted molar refractivity (Wildman–Crippen MR) is 82.9 cm³/mol. The molecule has 0 aliphatic carbocycles. The van der Waals surface area contributed by atoms with E-state index in [2.05, 4.69) is 10.6 Å². The van der Waals surface area contributed by atoms with Gasteiger partial charge in [0.05, 0.1) is 0 Å². The molecule has 112 valence electrons. The number of hydrogen-bond donors (Lipinski definition) is 3. The highest BCUT2D eigenvalue weighted by Gasteiger charge is 2.08. The molecule has 0 bridgehead atoms. The fourth-order valence-corrected chi connectivity index (χ4v) is 1.52. The summed E-state index contributed by atoms with van der Waals surface area (Å²) in [6, 6.07) is 6.90. The molecule has 1 atom stereocenters. The highest BCUT2D eigenvalue weighted by atomic mass is 35.5. The molecule has 20 heavy (non-hydrogen) atoms. The molecular weight excluding hydrogens is 278 g/mol. The van der Waals surface area contributed by atoms with Gasteiger partial charge in [-0.25, -0.2) is 0 Å². The van der Waals surface area contributed by atoms with Gasteiger partial charge in [0, 0.05) is 30.3 Å². The van der Waals surface area contributed by atoms with Crippen LogP contribution in [0.15, 0.2) is 24.3 Å². The fraction of sp³-hybridized carbons (Fsp3) is 0.429. The number of anilines is 1. The van der Waals surface area contributed by atoms with Gasteiger partial charge in [-0.2, -0.15) is 0 Å². The van der Waals surface area contributed by atoms with Gasteiger partial charge in [-0.05, 0) is 31.5 Å². The van der Waals surface area contributed by atoms with Crippen LogP contribution in [-0.2, 0) is 4.79 Å². The predicted octanol–water partition coefficient (Wildman–Crippen LogP) is 1.73. The number of nitrogens with two attached hydrogens (primary N) is 1. The van der Waals surface area contributed by atoms with Crippen LogP contribution in [0.1, 0.15) is 37.0 Å². The van der Waals surface area contributed by atoms with E-state index in [9.17, 15) is 9.59 Å². The molecule has 0 saturated carbocycles. The van der Waals surface area contributed by atoms with Gasteiger partial charge in [0.2, 0.25) is 5.91 Å². The lowest BCUT2D eigenvalue weighted by Crippen LogP contribution is -2.35. The summed E-state index contributed by atoms with van der Waals surface area (Å²) >= 11 is 0. The molecule has 0 aliphatic rings. The van der Waals surface area contributed by atoms with Crippen LogP contribution in [0.5, 0.6) is 0 Å². The standard InChI is InChI=1S/C14H21N3O2.ClH/c1-3-10(2)17-13(18)7-8-16-14(19)11-5-4-6-12(15)9-11;/h4-6,9-10H,3,7-8,15H2,1-2H3,(H,16,19)(H,17,18);1H. The molecule has 1 aromatic carbocycles. The van der Waals surface area contributed by atoms with Crippen molar-refractivity contribution in [3.63, 3.8) is 0 Å². The molecule has 1 unspecified atom stereocenters. The van der Waals surface area contributed by atoms with Gasteiger partial charge < -0.3 is 16.4 Å². The Labute approximate surface area is 125 Å².